The highest BCUT2D eigenvalue weighted by Crippen LogP contribution is 2.25. The van der Waals surface area contributed by atoms with Crippen LogP contribution in [-0.2, 0) is 5.41 Å². The lowest BCUT2D eigenvalue weighted by atomic mass is 9.86. The van der Waals surface area contributed by atoms with E-state index < -0.39 is 0 Å². The summed E-state index contributed by atoms with van der Waals surface area (Å²) >= 11 is 0. The van der Waals surface area contributed by atoms with Gasteiger partial charge in [-0.2, -0.15) is 0 Å². The van der Waals surface area contributed by atoms with E-state index in [1.165, 1.54) is 43.2 Å². The molecule has 20 heavy (non-hydrogen) atoms. The van der Waals surface area contributed by atoms with E-state index in [-0.39, 0.29) is 18.1 Å². The lowest BCUT2D eigenvalue weighted by molar-refractivity contribution is 0.220. The Labute approximate surface area is 123 Å². The van der Waals surface area contributed by atoms with Crippen LogP contribution >= 0.6 is 0 Å². The van der Waals surface area contributed by atoms with Crippen LogP contribution in [0.3, 0.4) is 0 Å². The van der Waals surface area contributed by atoms with Gasteiger partial charge in [0, 0.05) is 6.04 Å². The Hall–Kier alpha value is -0.860. The van der Waals surface area contributed by atoms with Crippen molar-refractivity contribution >= 4 is 0 Å². The third-order valence-electron chi connectivity index (χ3n) is 4.40. The van der Waals surface area contributed by atoms with Crippen molar-refractivity contribution in [1.29, 1.82) is 0 Å². The highest BCUT2D eigenvalue weighted by Gasteiger charge is 2.19. The minimum absolute atomic E-state index is 0.0760. The third kappa shape index (κ3) is 4.07. The summed E-state index contributed by atoms with van der Waals surface area (Å²) in [5.74, 6) is 0. The van der Waals surface area contributed by atoms with Crippen LogP contribution in [0.2, 0.25) is 0 Å². The molecule has 1 aromatic carbocycles. The molecule has 1 unspecified atom stereocenters. The van der Waals surface area contributed by atoms with Crippen LogP contribution in [0.1, 0.15) is 70.0 Å². The molecule has 1 atom stereocenters. The average Bonchev–Trinajstić information content (AvgIpc) is 2.45. The Morgan fingerprint density at radius 1 is 1.10 bits per heavy atom. The van der Waals surface area contributed by atoms with Gasteiger partial charge in [0.05, 0.1) is 12.6 Å². The van der Waals surface area contributed by atoms with Crippen LogP contribution in [0.5, 0.6) is 0 Å². The van der Waals surface area contributed by atoms with Crippen molar-refractivity contribution < 1.29 is 5.11 Å². The van der Waals surface area contributed by atoms with Gasteiger partial charge in [-0.05, 0) is 29.4 Å². The van der Waals surface area contributed by atoms with E-state index in [0.29, 0.717) is 6.04 Å². The van der Waals surface area contributed by atoms with E-state index in [4.69, 9.17) is 0 Å². The molecule has 0 bridgehead atoms. The van der Waals surface area contributed by atoms with Gasteiger partial charge in [0.15, 0.2) is 0 Å². The molecule has 2 nitrogen and oxygen atoms in total. The van der Waals surface area contributed by atoms with Gasteiger partial charge in [-0.1, -0.05) is 64.3 Å². The van der Waals surface area contributed by atoms with Gasteiger partial charge in [-0.15, -0.1) is 0 Å². The Kier molecular flexibility index (Phi) is 5.22. The van der Waals surface area contributed by atoms with E-state index in [2.05, 4.69) is 50.4 Å². The molecule has 2 N–H and O–H groups in total. The van der Waals surface area contributed by atoms with Gasteiger partial charge >= 0.3 is 0 Å². The predicted molar refractivity (Wildman–Crippen MR) is 85.0 cm³/mol. The zero-order chi connectivity index (χ0) is 14.6. The van der Waals surface area contributed by atoms with Crippen molar-refractivity contribution in [3.8, 4) is 0 Å². The first kappa shape index (κ1) is 15.5. The highest BCUT2D eigenvalue weighted by molar-refractivity contribution is 5.29. The number of hydrogen-bond donors (Lipinski definition) is 2. The van der Waals surface area contributed by atoms with Crippen molar-refractivity contribution in [3.63, 3.8) is 0 Å². The second kappa shape index (κ2) is 6.73. The third-order valence-corrected chi connectivity index (χ3v) is 4.40. The summed E-state index contributed by atoms with van der Waals surface area (Å²) in [5.41, 5.74) is 2.73. The first-order chi connectivity index (χ1) is 9.50. The summed E-state index contributed by atoms with van der Waals surface area (Å²) < 4.78 is 0. The first-order valence-corrected chi connectivity index (χ1v) is 7.98. The largest absolute Gasteiger partial charge is 0.394 e. The maximum atomic E-state index is 9.68. The Balaban J connectivity index is 2.03. The normalized spacial score (nSPS) is 19.0. The van der Waals surface area contributed by atoms with Gasteiger partial charge in [-0.3, -0.25) is 0 Å². The molecule has 0 spiro atoms. The van der Waals surface area contributed by atoms with Crippen molar-refractivity contribution in [2.75, 3.05) is 6.61 Å². The summed E-state index contributed by atoms with van der Waals surface area (Å²) in [4.78, 5) is 0. The number of aliphatic hydroxyl groups is 1. The monoisotopic (exact) mass is 275 g/mol. The molecule has 1 aliphatic rings. The zero-order valence-corrected chi connectivity index (χ0v) is 13.2. The molecular formula is C18H29NO. The standard InChI is InChI=1S/C18H29NO/c1-18(2,3)15-11-9-14(10-12-15)17(13-20)19-16-7-5-4-6-8-16/h9-12,16-17,19-20H,4-8,13H2,1-3H3. The number of nitrogens with one attached hydrogen (secondary N) is 1. The molecule has 0 radical (unpaired) electrons. The Morgan fingerprint density at radius 2 is 1.70 bits per heavy atom. The van der Waals surface area contributed by atoms with E-state index in [1.54, 1.807) is 0 Å². The fourth-order valence-electron chi connectivity index (χ4n) is 3.02. The molecule has 1 aliphatic carbocycles. The molecule has 0 amide bonds. The van der Waals surface area contributed by atoms with E-state index in [0.717, 1.165) is 0 Å². The van der Waals surface area contributed by atoms with Crippen LogP contribution in [0.25, 0.3) is 0 Å². The van der Waals surface area contributed by atoms with Crippen molar-refractivity contribution in [2.45, 2.75) is 70.4 Å². The van der Waals surface area contributed by atoms with Gasteiger partial charge in [0.2, 0.25) is 0 Å². The molecule has 2 heteroatoms. The second-order valence-electron chi connectivity index (χ2n) is 7.11. The molecule has 1 aromatic rings. The molecule has 112 valence electrons. The fourth-order valence-corrected chi connectivity index (χ4v) is 3.02. The first-order valence-electron chi connectivity index (χ1n) is 7.98. The van der Waals surface area contributed by atoms with Crippen molar-refractivity contribution in [1.82, 2.24) is 5.32 Å². The summed E-state index contributed by atoms with van der Waals surface area (Å²) in [6.07, 6.45) is 6.49. The van der Waals surface area contributed by atoms with E-state index in [9.17, 15) is 5.11 Å². The highest BCUT2D eigenvalue weighted by atomic mass is 16.3. The zero-order valence-electron chi connectivity index (χ0n) is 13.2. The van der Waals surface area contributed by atoms with Gasteiger partial charge < -0.3 is 10.4 Å². The molecule has 1 saturated carbocycles. The second-order valence-corrected chi connectivity index (χ2v) is 7.11. The maximum absolute atomic E-state index is 9.68. The van der Waals surface area contributed by atoms with Crippen LogP contribution in [0.15, 0.2) is 24.3 Å². The average molecular weight is 275 g/mol. The number of benzene rings is 1. The predicted octanol–water partition coefficient (Wildman–Crippen LogP) is 3.94. The molecule has 0 aliphatic heterocycles. The Morgan fingerprint density at radius 3 is 2.20 bits per heavy atom. The van der Waals surface area contributed by atoms with Gasteiger partial charge in [-0.25, -0.2) is 0 Å². The quantitative estimate of drug-likeness (QED) is 0.872. The molecule has 0 heterocycles. The SMILES string of the molecule is CC(C)(C)c1ccc(C(CO)NC2CCCCC2)cc1. The van der Waals surface area contributed by atoms with E-state index >= 15 is 0 Å². The summed E-state index contributed by atoms with van der Waals surface area (Å²) in [6.45, 7) is 6.86. The summed E-state index contributed by atoms with van der Waals surface area (Å²) in [5, 5.41) is 13.3. The summed E-state index contributed by atoms with van der Waals surface area (Å²) in [6, 6.07) is 9.37. The molecular weight excluding hydrogens is 246 g/mol. The maximum Gasteiger partial charge on any atom is 0.0626 e. The lowest BCUT2D eigenvalue weighted by Gasteiger charge is -2.28. The molecule has 0 aromatic heterocycles. The summed E-state index contributed by atoms with van der Waals surface area (Å²) in [7, 11) is 0. The van der Waals surface area contributed by atoms with Crippen LogP contribution in [0.4, 0.5) is 0 Å². The van der Waals surface area contributed by atoms with Crippen molar-refractivity contribution in [3.05, 3.63) is 35.4 Å². The van der Waals surface area contributed by atoms with Gasteiger partial charge in [0.25, 0.3) is 0 Å². The Bertz CT molecular complexity index is 398. The minimum atomic E-state index is 0.0760. The van der Waals surface area contributed by atoms with Gasteiger partial charge in [0.1, 0.15) is 0 Å². The number of rotatable bonds is 4. The smallest absolute Gasteiger partial charge is 0.0626 e. The van der Waals surface area contributed by atoms with Crippen LogP contribution < -0.4 is 5.32 Å². The van der Waals surface area contributed by atoms with E-state index in [1.807, 2.05) is 0 Å². The fraction of sp³-hybridized carbons (Fsp3) is 0.667. The van der Waals surface area contributed by atoms with Crippen LogP contribution in [0, 0.1) is 0 Å². The minimum Gasteiger partial charge on any atom is -0.394 e. The molecule has 0 saturated heterocycles. The molecule has 2 rings (SSSR count). The number of aliphatic hydroxyl groups excluding tert-OH is 1. The number of hydrogen-bond acceptors (Lipinski definition) is 2. The van der Waals surface area contributed by atoms with Crippen LogP contribution in [-0.4, -0.2) is 17.8 Å². The van der Waals surface area contributed by atoms with Crippen molar-refractivity contribution in [2.24, 2.45) is 0 Å². The lowest BCUT2D eigenvalue weighted by Crippen LogP contribution is -2.36. The topological polar surface area (TPSA) is 32.3 Å². The molecule has 1 fully saturated rings.